The van der Waals surface area contributed by atoms with Gasteiger partial charge in [-0.05, 0) is 62.2 Å². The number of hydrogen-bond acceptors (Lipinski definition) is 3. The lowest BCUT2D eigenvalue weighted by Crippen LogP contribution is -2.36. The van der Waals surface area contributed by atoms with Gasteiger partial charge < -0.3 is 9.84 Å². The van der Waals surface area contributed by atoms with Gasteiger partial charge in [0.1, 0.15) is 0 Å². The van der Waals surface area contributed by atoms with Gasteiger partial charge in [0.25, 0.3) is 0 Å². The van der Waals surface area contributed by atoms with E-state index in [0.717, 1.165) is 32.1 Å². The first kappa shape index (κ1) is 26.2. The van der Waals surface area contributed by atoms with Gasteiger partial charge in [0, 0.05) is 0 Å². The van der Waals surface area contributed by atoms with Gasteiger partial charge in [0.05, 0.1) is 18.6 Å². The third-order valence-electron chi connectivity index (χ3n) is 6.72. The molecule has 3 heteroatoms. The lowest BCUT2D eigenvalue weighted by atomic mass is 9.67. The highest BCUT2D eigenvalue weighted by atomic mass is 16.5. The van der Waals surface area contributed by atoms with E-state index in [1.165, 1.54) is 7.11 Å². The number of allylic oxidation sites excluding steroid dienone is 1. The number of rotatable bonds is 12. The van der Waals surface area contributed by atoms with Crippen molar-refractivity contribution in [3.05, 3.63) is 12.2 Å². The van der Waals surface area contributed by atoms with Crippen molar-refractivity contribution in [2.75, 3.05) is 7.11 Å². The van der Waals surface area contributed by atoms with Crippen molar-refractivity contribution in [1.82, 2.24) is 0 Å². The molecule has 3 nitrogen and oxygen atoms in total. The molecule has 0 aromatic heterocycles. The van der Waals surface area contributed by atoms with Crippen molar-refractivity contribution in [3.8, 4) is 0 Å². The van der Waals surface area contributed by atoms with E-state index in [1.807, 2.05) is 13.8 Å². The lowest BCUT2D eigenvalue weighted by Gasteiger charge is -2.40. The van der Waals surface area contributed by atoms with Gasteiger partial charge in [0.2, 0.25) is 0 Å². The van der Waals surface area contributed by atoms with Crippen molar-refractivity contribution >= 4 is 5.97 Å². The Bertz CT molecular complexity index is 492. The van der Waals surface area contributed by atoms with Crippen LogP contribution in [0.25, 0.3) is 0 Å². The Kier molecular flexibility index (Phi) is 9.78. The fourth-order valence-electron chi connectivity index (χ4n) is 4.12. The molecular formula is C24H46O3. The van der Waals surface area contributed by atoms with Gasteiger partial charge in [-0.1, -0.05) is 67.0 Å². The number of carbonyl (C=O) groups excluding carboxylic acids is 1. The Morgan fingerprint density at radius 2 is 1.52 bits per heavy atom. The highest BCUT2D eigenvalue weighted by Gasteiger charge is 2.37. The smallest absolute Gasteiger partial charge is 0.311 e. The van der Waals surface area contributed by atoms with Crippen LogP contribution in [-0.2, 0) is 9.53 Å². The monoisotopic (exact) mass is 382 g/mol. The summed E-state index contributed by atoms with van der Waals surface area (Å²) >= 11 is 0. The average Bonchev–Trinajstić information content (AvgIpc) is 2.59. The van der Waals surface area contributed by atoms with E-state index in [-0.39, 0.29) is 28.3 Å². The van der Waals surface area contributed by atoms with E-state index in [9.17, 15) is 9.90 Å². The van der Waals surface area contributed by atoms with E-state index in [2.05, 4.69) is 60.6 Å². The molecule has 0 radical (unpaired) electrons. The van der Waals surface area contributed by atoms with Gasteiger partial charge in [-0.3, -0.25) is 4.79 Å². The molecule has 0 aliphatic rings. The molecule has 0 aromatic rings. The van der Waals surface area contributed by atoms with Gasteiger partial charge in [-0.25, -0.2) is 0 Å². The number of hydrogen-bond donors (Lipinski definition) is 1. The molecule has 0 heterocycles. The second-order valence-corrected chi connectivity index (χ2v) is 10.4. The fourth-order valence-corrected chi connectivity index (χ4v) is 4.12. The molecule has 0 bridgehead atoms. The molecule has 3 unspecified atom stereocenters. The third kappa shape index (κ3) is 7.97. The van der Waals surface area contributed by atoms with Crippen LogP contribution in [0, 0.1) is 21.7 Å². The summed E-state index contributed by atoms with van der Waals surface area (Å²) in [6, 6.07) is 0. The Balaban J connectivity index is 5.17. The number of esters is 1. The zero-order valence-corrected chi connectivity index (χ0v) is 19.7. The van der Waals surface area contributed by atoms with Crippen molar-refractivity contribution in [2.45, 2.75) is 107 Å². The topological polar surface area (TPSA) is 46.5 Å². The highest BCUT2D eigenvalue weighted by Crippen LogP contribution is 2.42. The lowest BCUT2D eigenvalue weighted by molar-refractivity contribution is -0.152. The zero-order valence-electron chi connectivity index (χ0n) is 19.7. The first-order valence-corrected chi connectivity index (χ1v) is 10.6. The second-order valence-electron chi connectivity index (χ2n) is 10.4. The van der Waals surface area contributed by atoms with Gasteiger partial charge in [-0.15, -0.1) is 0 Å². The number of methoxy groups -OCH3 is 1. The number of ether oxygens (including phenoxy) is 1. The van der Waals surface area contributed by atoms with Crippen LogP contribution in [0.4, 0.5) is 0 Å². The van der Waals surface area contributed by atoms with Crippen LogP contribution in [-0.4, -0.2) is 24.3 Å². The summed E-state index contributed by atoms with van der Waals surface area (Å²) < 4.78 is 4.96. The third-order valence-corrected chi connectivity index (χ3v) is 6.72. The first-order valence-electron chi connectivity index (χ1n) is 10.6. The van der Waals surface area contributed by atoms with E-state index >= 15 is 0 Å². The molecule has 0 aliphatic heterocycles. The van der Waals surface area contributed by atoms with Crippen molar-refractivity contribution in [2.24, 2.45) is 21.7 Å². The molecule has 0 saturated heterocycles. The standard InChI is InChI=1S/C24H46O3/c1-11-21(4,5)17-24(9,13-3)19(25)15-14-16-23(8,12-2)18-22(6,7)20(26)27-10/h14,16,19,25H,11-13,15,17-18H2,1-10H3/b16-14-. The minimum absolute atomic E-state index is 0.0856. The SMILES string of the molecule is CCC(C)(C)CC(C)(CC)C(O)C/C=C\C(C)(CC)CC(C)(C)C(=O)OC. The van der Waals surface area contributed by atoms with E-state index in [0.29, 0.717) is 6.42 Å². The maximum Gasteiger partial charge on any atom is 0.311 e. The molecule has 1 N–H and O–H groups in total. The molecule has 27 heavy (non-hydrogen) atoms. The summed E-state index contributed by atoms with van der Waals surface area (Å²) in [7, 11) is 1.45. The maximum atomic E-state index is 12.1. The summed E-state index contributed by atoms with van der Waals surface area (Å²) in [5.41, 5.74) is -0.468. The maximum absolute atomic E-state index is 12.1. The quantitative estimate of drug-likeness (QED) is 0.308. The summed E-state index contributed by atoms with van der Waals surface area (Å²) in [5.74, 6) is -0.170. The minimum Gasteiger partial charge on any atom is -0.469 e. The van der Waals surface area contributed by atoms with Crippen LogP contribution in [0.1, 0.15) is 101 Å². The number of carbonyl (C=O) groups is 1. The predicted molar refractivity (Wildman–Crippen MR) is 116 cm³/mol. The molecular weight excluding hydrogens is 336 g/mol. The molecule has 0 spiro atoms. The summed E-state index contributed by atoms with van der Waals surface area (Å²) in [4.78, 5) is 12.1. The van der Waals surface area contributed by atoms with E-state index in [4.69, 9.17) is 4.74 Å². The highest BCUT2D eigenvalue weighted by molar-refractivity contribution is 5.75. The normalized spacial score (nSPS) is 18.8. The van der Waals surface area contributed by atoms with Crippen LogP contribution < -0.4 is 0 Å². The molecule has 160 valence electrons. The molecule has 0 rings (SSSR count). The molecule has 0 aliphatic carbocycles. The van der Waals surface area contributed by atoms with Crippen LogP contribution in [0.3, 0.4) is 0 Å². The van der Waals surface area contributed by atoms with Gasteiger partial charge in [0.15, 0.2) is 0 Å². The molecule has 0 amide bonds. The van der Waals surface area contributed by atoms with Crippen LogP contribution in [0.15, 0.2) is 12.2 Å². The number of aliphatic hydroxyl groups is 1. The Morgan fingerprint density at radius 3 is 1.93 bits per heavy atom. The molecule has 0 aromatic carbocycles. The average molecular weight is 383 g/mol. The molecule has 0 saturated carbocycles. The zero-order chi connectivity index (χ0) is 21.5. The summed E-state index contributed by atoms with van der Waals surface area (Å²) in [5, 5.41) is 10.9. The summed E-state index contributed by atoms with van der Waals surface area (Å²) in [6.07, 6.45) is 9.36. The van der Waals surface area contributed by atoms with Gasteiger partial charge in [-0.2, -0.15) is 0 Å². The van der Waals surface area contributed by atoms with Gasteiger partial charge >= 0.3 is 5.97 Å². The van der Waals surface area contributed by atoms with E-state index in [1.54, 1.807) is 0 Å². The predicted octanol–water partition coefficient (Wildman–Crippen LogP) is 6.54. The fraction of sp³-hybridized carbons (Fsp3) is 0.875. The second kappa shape index (κ2) is 10.1. The van der Waals surface area contributed by atoms with Crippen LogP contribution in [0.5, 0.6) is 0 Å². The molecule has 3 atom stereocenters. The van der Waals surface area contributed by atoms with Crippen LogP contribution in [0.2, 0.25) is 0 Å². The van der Waals surface area contributed by atoms with E-state index < -0.39 is 5.41 Å². The van der Waals surface area contributed by atoms with Crippen molar-refractivity contribution < 1.29 is 14.6 Å². The number of aliphatic hydroxyl groups excluding tert-OH is 1. The first-order chi connectivity index (χ1) is 12.2. The Hall–Kier alpha value is -0.830. The Labute approximate surface area is 169 Å². The van der Waals surface area contributed by atoms with Crippen molar-refractivity contribution in [1.29, 1.82) is 0 Å². The van der Waals surface area contributed by atoms with Crippen molar-refractivity contribution in [3.63, 3.8) is 0 Å². The molecule has 0 fully saturated rings. The Morgan fingerprint density at radius 1 is 0.963 bits per heavy atom. The summed E-state index contributed by atoms with van der Waals surface area (Å²) in [6.45, 7) is 19.4. The van der Waals surface area contributed by atoms with Crippen LogP contribution >= 0.6 is 0 Å². The largest absolute Gasteiger partial charge is 0.469 e. The minimum atomic E-state index is -0.522.